The molecule has 2 heterocycles. The molecule has 0 spiro atoms. The highest BCUT2D eigenvalue weighted by Gasteiger charge is 2.35. The van der Waals surface area contributed by atoms with Crippen LogP contribution in [0.5, 0.6) is 0 Å². The molecular weight excluding hydrogens is 775 g/mol. The van der Waals surface area contributed by atoms with E-state index in [0.717, 1.165) is 0 Å². The van der Waals surface area contributed by atoms with E-state index < -0.39 is 23.8 Å². The van der Waals surface area contributed by atoms with Crippen molar-refractivity contribution >= 4 is 91.7 Å². The molecule has 13 heteroatoms. The highest BCUT2D eigenvalue weighted by molar-refractivity contribution is 14.1. The van der Waals surface area contributed by atoms with Gasteiger partial charge in [-0.15, -0.1) is 0 Å². The zero-order valence-electron chi connectivity index (χ0n) is 18.3. The van der Waals surface area contributed by atoms with Crippen LogP contribution in [0.1, 0.15) is 48.4 Å². The van der Waals surface area contributed by atoms with E-state index in [4.69, 9.17) is 18.9 Å². The second kappa shape index (κ2) is 10.7. The first kappa shape index (κ1) is 27.3. The number of benzene rings is 1. The fourth-order valence-electron chi connectivity index (χ4n) is 3.31. The Morgan fingerprint density at radius 1 is 1.00 bits per heavy atom. The van der Waals surface area contributed by atoms with Gasteiger partial charge in [0.15, 0.2) is 24.1 Å². The van der Waals surface area contributed by atoms with Crippen molar-refractivity contribution in [2.75, 3.05) is 25.1 Å². The fourth-order valence-corrected chi connectivity index (χ4v) is 7.49. The van der Waals surface area contributed by atoms with E-state index >= 15 is 0 Å². The molecular formula is C20H24I3N3O7. The van der Waals surface area contributed by atoms with Crippen LogP contribution in [0.2, 0.25) is 0 Å². The Morgan fingerprint density at radius 3 is 2.18 bits per heavy atom. The van der Waals surface area contributed by atoms with Crippen LogP contribution in [0.15, 0.2) is 0 Å². The summed E-state index contributed by atoms with van der Waals surface area (Å²) < 4.78 is 23.8. The summed E-state index contributed by atoms with van der Waals surface area (Å²) in [6.45, 7) is 7.94. The number of hydrogen-bond acceptors (Lipinski definition) is 7. The summed E-state index contributed by atoms with van der Waals surface area (Å²) in [5.74, 6) is -1.86. The molecule has 33 heavy (non-hydrogen) atoms. The monoisotopic (exact) mass is 799 g/mol. The number of amides is 3. The lowest BCUT2D eigenvalue weighted by Gasteiger charge is -2.20. The van der Waals surface area contributed by atoms with Gasteiger partial charge in [0.1, 0.15) is 6.10 Å². The summed E-state index contributed by atoms with van der Waals surface area (Å²) in [7, 11) is 0. The van der Waals surface area contributed by atoms with Gasteiger partial charge in [0.05, 0.1) is 28.0 Å². The molecule has 2 saturated heterocycles. The summed E-state index contributed by atoms with van der Waals surface area (Å²) in [5, 5.41) is 8.28. The lowest BCUT2D eigenvalue weighted by molar-refractivity contribution is -0.140. The van der Waals surface area contributed by atoms with Gasteiger partial charge in [-0.2, -0.15) is 0 Å². The van der Waals surface area contributed by atoms with E-state index in [9.17, 15) is 14.4 Å². The summed E-state index contributed by atoms with van der Waals surface area (Å²) in [5.41, 5.74) is 0.982. The number of anilines is 1. The second-order valence-corrected chi connectivity index (χ2v) is 11.5. The minimum atomic E-state index is -0.789. The lowest BCUT2D eigenvalue weighted by atomic mass is 10.1. The summed E-state index contributed by atoms with van der Waals surface area (Å²) in [6.07, 6.45) is -0.230. The van der Waals surface area contributed by atoms with Crippen molar-refractivity contribution in [1.29, 1.82) is 0 Å². The number of ether oxygens (including phenoxy) is 4. The zero-order valence-corrected chi connectivity index (χ0v) is 24.8. The Hall–Kier alpha value is -0.340. The van der Waals surface area contributed by atoms with Crippen LogP contribution < -0.4 is 16.0 Å². The quantitative estimate of drug-likeness (QED) is 0.298. The number of carbonyl (C=O) groups is 3. The molecule has 2 unspecified atom stereocenters. The zero-order chi connectivity index (χ0) is 24.6. The molecule has 3 N–H and O–H groups in total. The van der Waals surface area contributed by atoms with Crippen LogP contribution in [-0.2, 0) is 18.9 Å². The highest BCUT2D eigenvalue weighted by Crippen LogP contribution is 2.35. The van der Waals surface area contributed by atoms with Gasteiger partial charge in [0, 0.05) is 19.2 Å². The van der Waals surface area contributed by atoms with E-state index in [1.165, 1.54) is 0 Å². The predicted octanol–water partition coefficient (Wildman–Crippen LogP) is 3.42. The third kappa shape index (κ3) is 6.66. The molecule has 0 aromatic heterocycles. The molecule has 0 saturated carbocycles. The van der Waals surface area contributed by atoms with Crippen LogP contribution in [0.4, 0.5) is 10.5 Å². The molecule has 2 aliphatic heterocycles. The Bertz CT molecular complexity index is 971. The molecule has 1 aromatic carbocycles. The SMILES string of the molecule is CC1(C)OCC(CNC(=O)c2c(I)c(C=O)c(I)c(NC(=O)NC3COC(C)(C)O3)c2I)O1. The molecule has 3 rings (SSSR count). The van der Waals surface area contributed by atoms with Gasteiger partial charge in [0.25, 0.3) is 5.91 Å². The Labute approximate surface area is 232 Å². The number of carbonyl (C=O) groups excluding carboxylic acids is 3. The van der Waals surface area contributed by atoms with Crippen molar-refractivity contribution in [3.63, 3.8) is 0 Å². The van der Waals surface area contributed by atoms with Crippen molar-refractivity contribution in [3.8, 4) is 0 Å². The van der Waals surface area contributed by atoms with Crippen molar-refractivity contribution in [3.05, 3.63) is 21.8 Å². The molecule has 3 amide bonds. The molecule has 0 bridgehead atoms. The normalized spacial score (nSPS) is 23.2. The third-order valence-electron chi connectivity index (χ3n) is 4.79. The van der Waals surface area contributed by atoms with Gasteiger partial charge < -0.3 is 34.9 Å². The van der Waals surface area contributed by atoms with E-state index in [1.807, 2.05) is 81.6 Å². The van der Waals surface area contributed by atoms with E-state index in [-0.39, 0.29) is 25.2 Å². The van der Waals surface area contributed by atoms with Crippen LogP contribution in [0.3, 0.4) is 0 Å². The van der Waals surface area contributed by atoms with Crippen LogP contribution in [0, 0.1) is 10.7 Å². The molecule has 0 radical (unpaired) electrons. The van der Waals surface area contributed by atoms with Crippen LogP contribution in [-0.4, -0.2) is 61.9 Å². The maximum atomic E-state index is 13.1. The van der Waals surface area contributed by atoms with Crippen molar-refractivity contribution < 1.29 is 33.3 Å². The number of aldehydes is 1. The lowest BCUT2D eigenvalue weighted by Crippen LogP contribution is -2.41. The van der Waals surface area contributed by atoms with E-state index in [1.54, 1.807) is 13.8 Å². The van der Waals surface area contributed by atoms with E-state index in [2.05, 4.69) is 16.0 Å². The summed E-state index contributed by atoms with van der Waals surface area (Å²) >= 11 is 5.95. The van der Waals surface area contributed by atoms with Gasteiger partial charge in [-0.25, -0.2) is 4.79 Å². The van der Waals surface area contributed by atoms with Crippen LogP contribution in [0.25, 0.3) is 0 Å². The maximum Gasteiger partial charge on any atom is 0.321 e. The molecule has 0 aliphatic carbocycles. The van der Waals surface area contributed by atoms with Gasteiger partial charge in [-0.05, 0) is 95.5 Å². The summed E-state index contributed by atoms with van der Waals surface area (Å²) in [6, 6.07) is -0.541. The first-order valence-corrected chi connectivity index (χ1v) is 13.2. The third-order valence-corrected chi connectivity index (χ3v) is 8.11. The smallest absolute Gasteiger partial charge is 0.321 e. The average Bonchev–Trinajstić information content (AvgIpc) is 3.24. The minimum Gasteiger partial charge on any atom is -0.349 e. The minimum absolute atomic E-state index is 0.207. The second-order valence-electron chi connectivity index (χ2n) is 8.30. The number of halogens is 3. The largest absolute Gasteiger partial charge is 0.349 e. The fraction of sp³-hybridized carbons (Fsp3) is 0.550. The molecule has 2 aliphatic rings. The number of rotatable bonds is 6. The molecule has 1 aromatic rings. The van der Waals surface area contributed by atoms with Gasteiger partial charge in [-0.3, -0.25) is 9.59 Å². The first-order valence-electron chi connectivity index (χ1n) is 9.98. The average molecular weight is 799 g/mol. The Balaban J connectivity index is 1.78. The van der Waals surface area contributed by atoms with Crippen molar-refractivity contribution in [2.24, 2.45) is 0 Å². The van der Waals surface area contributed by atoms with Crippen molar-refractivity contribution in [1.82, 2.24) is 10.6 Å². The maximum absolute atomic E-state index is 13.1. The molecule has 2 fully saturated rings. The number of hydrogen-bond donors (Lipinski definition) is 3. The predicted molar refractivity (Wildman–Crippen MR) is 144 cm³/mol. The van der Waals surface area contributed by atoms with Gasteiger partial charge >= 0.3 is 6.03 Å². The first-order chi connectivity index (χ1) is 15.3. The number of nitrogens with one attached hydrogen (secondary N) is 3. The van der Waals surface area contributed by atoms with Gasteiger partial charge in [0.2, 0.25) is 0 Å². The Kier molecular flexibility index (Phi) is 8.86. The van der Waals surface area contributed by atoms with Crippen molar-refractivity contribution in [2.45, 2.75) is 51.6 Å². The van der Waals surface area contributed by atoms with Gasteiger partial charge in [-0.1, -0.05) is 0 Å². The molecule has 182 valence electrons. The Morgan fingerprint density at radius 2 is 1.64 bits per heavy atom. The summed E-state index contributed by atoms with van der Waals surface area (Å²) in [4.78, 5) is 37.5. The number of urea groups is 1. The molecule has 2 atom stereocenters. The highest BCUT2D eigenvalue weighted by atomic mass is 127. The van der Waals surface area contributed by atoms with E-state index in [0.29, 0.717) is 40.4 Å². The topological polar surface area (TPSA) is 124 Å². The molecule has 10 nitrogen and oxygen atoms in total. The van der Waals surface area contributed by atoms with Crippen LogP contribution >= 0.6 is 67.8 Å². The standard InChI is InChI=1S/C20H24I3N3O7/c1-19(2)30-7-9(32-19)5-24-17(28)12-13(21)10(6-27)14(22)16(15(12)23)26-18(29)25-11-8-31-20(3,4)33-11/h6,9,11H,5,7-8H2,1-4H3,(H,24,28)(H2,25,26,29).